The molecular formula is C19H31NO. The quantitative estimate of drug-likeness (QED) is 0.824. The van der Waals surface area contributed by atoms with Crippen LogP contribution in [0.1, 0.15) is 63.6 Å². The van der Waals surface area contributed by atoms with Crippen molar-refractivity contribution in [1.29, 1.82) is 0 Å². The van der Waals surface area contributed by atoms with Crippen LogP contribution in [0, 0.1) is 12.3 Å². The highest BCUT2D eigenvalue weighted by Gasteiger charge is 2.27. The van der Waals surface area contributed by atoms with E-state index < -0.39 is 0 Å². The molecule has 1 fully saturated rings. The normalized spacial score (nSPS) is 20.4. The van der Waals surface area contributed by atoms with Gasteiger partial charge in [-0.15, -0.1) is 0 Å². The van der Waals surface area contributed by atoms with Gasteiger partial charge < -0.3 is 10.1 Å². The third-order valence-electron chi connectivity index (χ3n) is 4.72. The summed E-state index contributed by atoms with van der Waals surface area (Å²) in [6, 6.07) is 9.11. The molecule has 2 rings (SSSR count). The summed E-state index contributed by atoms with van der Waals surface area (Å²) in [5.41, 5.74) is 3.15. The second kappa shape index (κ2) is 7.42. The highest BCUT2D eigenvalue weighted by Crippen LogP contribution is 2.36. The number of hydrogen-bond donors (Lipinski definition) is 1. The molecule has 1 atom stereocenters. The molecule has 2 heteroatoms. The molecule has 21 heavy (non-hydrogen) atoms. The summed E-state index contributed by atoms with van der Waals surface area (Å²) in [5, 5.41) is 3.55. The lowest BCUT2D eigenvalue weighted by molar-refractivity contribution is -0.00565. The van der Waals surface area contributed by atoms with Crippen LogP contribution in [0.15, 0.2) is 24.3 Å². The molecule has 1 aliphatic rings. The molecular weight excluding hydrogens is 258 g/mol. The van der Waals surface area contributed by atoms with Gasteiger partial charge in [-0.25, -0.2) is 0 Å². The zero-order valence-corrected chi connectivity index (χ0v) is 14.1. The molecule has 0 heterocycles. The average Bonchev–Trinajstić information content (AvgIpc) is 2.46. The lowest BCUT2D eigenvalue weighted by Gasteiger charge is -2.34. The number of nitrogens with one attached hydrogen (secondary N) is 1. The van der Waals surface area contributed by atoms with Crippen LogP contribution in [0.5, 0.6) is 0 Å². The van der Waals surface area contributed by atoms with Crippen molar-refractivity contribution in [2.75, 3.05) is 13.2 Å². The summed E-state index contributed by atoms with van der Waals surface area (Å²) in [6.07, 6.45) is 5.44. The van der Waals surface area contributed by atoms with Crippen molar-refractivity contribution < 1.29 is 4.74 Å². The van der Waals surface area contributed by atoms with E-state index in [1.807, 2.05) is 0 Å². The first-order chi connectivity index (χ1) is 10.00. The Balaban J connectivity index is 1.87. The number of aryl methyl sites for hydroxylation is 1. The van der Waals surface area contributed by atoms with Gasteiger partial charge in [0, 0.05) is 0 Å². The monoisotopic (exact) mass is 289 g/mol. The molecule has 1 aromatic rings. The van der Waals surface area contributed by atoms with Crippen LogP contribution in [0.25, 0.3) is 0 Å². The molecule has 118 valence electrons. The Hall–Kier alpha value is -0.860. The summed E-state index contributed by atoms with van der Waals surface area (Å²) < 4.78 is 6.21. The minimum Gasteiger partial charge on any atom is -0.376 e. The Labute approximate surface area is 130 Å². The van der Waals surface area contributed by atoms with Gasteiger partial charge in [0.25, 0.3) is 0 Å². The Bertz CT molecular complexity index is 414. The number of likely N-dealkylation sites (N-methyl/N-ethyl adjacent to an activating group) is 1. The van der Waals surface area contributed by atoms with Gasteiger partial charge in [0.05, 0.1) is 18.8 Å². The van der Waals surface area contributed by atoms with E-state index in [9.17, 15) is 0 Å². The SMILES string of the molecule is CCNC(COC1CCC(C)(C)CC1)c1ccc(C)cc1. The van der Waals surface area contributed by atoms with E-state index in [4.69, 9.17) is 4.74 Å². The van der Waals surface area contributed by atoms with Crippen molar-refractivity contribution in [3.05, 3.63) is 35.4 Å². The van der Waals surface area contributed by atoms with Crippen molar-refractivity contribution >= 4 is 0 Å². The van der Waals surface area contributed by atoms with Crippen LogP contribution < -0.4 is 5.32 Å². The number of ether oxygens (including phenoxy) is 1. The number of benzene rings is 1. The van der Waals surface area contributed by atoms with Gasteiger partial charge in [0.2, 0.25) is 0 Å². The molecule has 0 amide bonds. The van der Waals surface area contributed by atoms with Gasteiger partial charge in [-0.05, 0) is 50.1 Å². The summed E-state index contributed by atoms with van der Waals surface area (Å²) in [5.74, 6) is 0. The van der Waals surface area contributed by atoms with Crippen LogP contribution in [0.4, 0.5) is 0 Å². The molecule has 0 aliphatic heterocycles. The predicted molar refractivity (Wildman–Crippen MR) is 89.6 cm³/mol. The van der Waals surface area contributed by atoms with Crippen LogP contribution in [-0.4, -0.2) is 19.3 Å². The molecule has 1 unspecified atom stereocenters. The van der Waals surface area contributed by atoms with Crippen molar-refractivity contribution in [1.82, 2.24) is 5.32 Å². The van der Waals surface area contributed by atoms with E-state index in [1.54, 1.807) is 0 Å². The van der Waals surface area contributed by atoms with Crippen molar-refractivity contribution in [3.63, 3.8) is 0 Å². The van der Waals surface area contributed by atoms with Gasteiger partial charge in [-0.2, -0.15) is 0 Å². The maximum Gasteiger partial charge on any atom is 0.0665 e. The molecule has 1 aliphatic carbocycles. The van der Waals surface area contributed by atoms with E-state index >= 15 is 0 Å². The fraction of sp³-hybridized carbons (Fsp3) is 0.684. The maximum absolute atomic E-state index is 6.21. The molecule has 0 bridgehead atoms. The topological polar surface area (TPSA) is 21.3 Å². The molecule has 0 radical (unpaired) electrons. The predicted octanol–water partition coefficient (Wildman–Crippen LogP) is 4.63. The smallest absolute Gasteiger partial charge is 0.0665 e. The van der Waals surface area contributed by atoms with Crippen molar-refractivity contribution in [2.24, 2.45) is 5.41 Å². The van der Waals surface area contributed by atoms with Gasteiger partial charge in [-0.1, -0.05) is 50.6 Å². The van der Waals surface area contributed by atoms with Crippen LogP contribution in [-0.2, 0) is 4.74 Å². The van der Waals surface area contributed by atoms with Crippen LogP contribution in [0.2, 0.25) is 0 Å². The van der Waals surface area contributed by atoms with E-state index in [0.717, 1.165) is 13.2 Å². The third kappa shape index (κ3) is 5.12. The Morgan fingerprint density at radius 2 is 1.81 bits per heavy atom. The first-order valence-electron chi connectivity index (χ1n) is 8.42. The minimum absolute atomic E-state index is 0.311. The summed E-state index contributed by atoms with van der Waals surface area (Å²) in [6.45, 7) is 10.8. The lowest BCUT2D eigenvalue weighted by atomic mass is 9.76. The summed E-state index contributed by atoms with van der Waals surface area (Å²) >= 11 is 0. The van der Waals surface area contributed by atoms with Crippen LogP contribution in [0.3, 0.4) is 0 Å². The van der Waals surface area contributed by atoms with E-state index in [-0.39, 0.29) is 0 Å². The van der Waals surface area contributed by atoms with E-state index in [2.05, 4.69) is 57.3 Å². The minimum atomic E-state index is 0.311. The first kappa shape index (κ1) is 16.5. The second-order valence-corrected chi connectivity index (χ2v) is 7.22. The highest BCUT2D eigenvalue weighted by molar-refractivity contribution is 5.24. The summed E-state index contributed by atoms with van der Waals surface area (Å²) in [4.78, 5) is 0. The molecule has 2 nitrogen and oxygen atoms in total. The molecule has 0 saturated heterocycles. The highest BCUT2D eigenvalue weighted by atomic mass is 16.5. The maximum atomic E-state index is 6.21. The van der Waals surface area contributed by atoms with Gasteiger partial charge >= 0.3 is 0 Å². The molecule has 1 N–H and O–H groups in total. The number of hydrogen-bond acceptors (Lipinski definition) is 2. The standard InChI is InChI=1S/C19H31NO/c1-5-20-18(16-8-6-15(2)7-9-16)14-21-17-10-12-19(3,4)13-11-17/h6-9,17-18,20H,5,10-14H2,1-4H3. The van der Waals surface area contributed by atoms with Crippen LogP contribution >= 0.6 is 0 Å². The zero-order valence-electron chi connectivity index (χ0n) is 14.1. The Morgan fingerprint density at radius 3 is 2.38 bits per heavy atom. The van der Waals surface area contributed by atoms with Gasteiger partial charge in [0.15, 0.2) is 0 Å². The number of rotatable bonds is 6. The van der Waals surface area contributed by atoms with Gasteiger partial charge in [0.1, 0.15) is 0 Å². The molecule has 0 spiro atoms. The molecule has 0 aromatic heterocycles. The molecule has 1 saturated carbocycles. The van der Waals surface area contributed by atoms with Crippen molar-refractivity contribution in [2.45, 2.75) is 65.5 Å². The Kier molecular flexibility index (Phi) is 5.83. The summed E-state index contributed by atoms with van der Waals surface area (Å²) in [7, 11) is 0. The van der Waals surface area contributed by atoms with Crippen molar-refractivity contribution in [3.8, 4) is 0 Å². The second-order valence-electron chi connectivity index (χ2n) is 7.22. The fourth-order valence-corrected chi connectivity index (χ4v) is 3.09. The third-order valence-corrected chi connectivity index (χ3v) is 4.72. The Morgan fingerprint density at radius 1 is 1.19 bits per heavy atom. The van der Waals surface area contributed by atoms with E-state index in [0.29, 0.717) is 17.6 Å². The molecule has 1 aromatic carbocycles. The largest absolute Gasteiger partial charge is 0.376 e. The average molecular weight is 289 g/mol. The van der Waals surface area contributed by atoms with E-state index in [1.165, 1.54) is 36.8 Å². The zero-order chi connectivity index (χ0) is 15.3. The lowest BCUT2D eigenvalue weighted by Crippen LogP contribution is -2.31. The fourth-order valence-electron chi connectivity index (χ4n) is 3.09. The van der Waals surface area contributed by atoms with Gasteiger partial charge in [-0.3, -0.25) is 0 Å². The first-order valence-corrected chi connectivity index (χ1v) is 8.42.